The van der Waals surface area contributed by atoms with Crippen molar-refractivity contribution >= 4 is 23.0 Å². The third kappa shape index (κ3) is 2.71. The molecule has 17 heavy (non-hydrogen) atoms. The fourth-order valence-corrected chi connectivity index (χ4v) is 1.92. The Morgan fingerprint density at radius 1 is 1.06 bits per heavy atom. The van der Waals surface area contributed by atoms with E-state index in [2.05, 4.69) is 11.8 Å². The number of aromatic hydroxyl groups is 1. The van der Waals surface area contributed by atoms with Crippen LogP contribution in [0.15, 0.2) is 48.5 Å². The smallest absolute Gasteiger partial charge is 0.117 e. The van der Waals surface area contributed by atoms with Gasteiger partial charge in [-0.05, 0) is 43.3 Å². The van der Waals surface area contributed by atoms with Crippen LogP contribution >= 0.6 is 11.6 Å². The fraction of sp³-hybridized carbons (Fsp3) is 0.143. The van der Waals surface area contributed by atoms with Gasteiger partial charge in [0.15, 0.2) is 0 Å². The van der Waals surface area contributed by atoms with Crippen LogP contribution < -0.4 is 4.90 Å². The lowest BCUT2D eigenvalue weighted by Gasteiger charge is -2.23. The molecule has 0 atom stereocenters. The van der Waals surface area contributed by atoms with Gasteiger partial charge in [0.05, 0.1) is 0 Å². The van der Waals surface area contributed by atoms with Gasteiger partial charge in [-0.25, -0.2) is 0 Å². The van der Waals surface area contributed by atoms with Gasteiger partial charge >= 0.3 is 0 Å². The lowest BCUT2D eigenvalue weighted by atomic mass is 10.2. The Morgan fingerprint density at radius 2 is 1.76 bits per heavy atom. The van der Waals surface area contributed by atoms with Crippen molar-refractivity contribution in [3.8, 4) is 5.75 Å². The number of hydrogen-bond acceptors (Lipinski definition) is 2. The van der Waals surface area contributed by atoms with E-state index in [-0.39, 0.29) is 5.75 Å². The highest BCUT2D eigenvalue weighted by atomic mass is 35.5. The summed E-state index contributed by atoms with van der Waals surface area (Å²) in [6.07, 6.45) is 0. The maximum Gasteiger partial charge on any atom is 0.117 e. The standard InChI is InChI=1S/C14H14ClNO/c1-2-16(12-8-6-11(15)7-9-12)13-4-3-5-14(17)10-13/h3-10,17H,2H2,1H3. The van der Waals surface area contributed by atoms with Gasteiger partial charge in [-0.2, -0.15) is 0 Å². The summed E-state index contributed by atoms with van der Waals surface area (Å²) in [7, 11) is 0. The van der Waals surface area contributed by atoms with Crippen molar-refractivity contribution in [2.24, 2.45) is 0 Å². The van der Waals surface area contributed by atoms with Crippen LogP contribution in [0.5, 0.6) is 5.75 Å². The number of benzene rings is 2. The SMILES string of the molecule is CCN(c1ccc(Cl)cc1)c1cccc(O)c1. The number of halogens is 1. The van der Waals surface area contributed by atoms with Crippen molar-refractivity contribution in [3.05, 3.63) is 53.6 Å². The molecule has 0 unspecified atom stereocenters. The summed E-state index contributed by atoms with van der Waals surface area (Å²) in [5.74, 6) is 0.273. The van der Waals surface area contributed by atoms with E-state index in [1.165, 1.54) is 0 Å². The lowest BCUT2D eigenvalue weighted by Crippen LogP contribution is -2.15. The van der Waals surface area contributed by atoms with Gasteiger partial charge in [0, 0.05) is 29.0 Å². The van der Waals surface area contributed by atoms with E-state index in [9.17, 15) is 5.11 Å². The molecule has 0 saturated carbocycles. The van der Waals surface area contributed by atoms with Crippen molar-refractivity contribution in [2.45, 2.75) is 6.92 Å². The fourth-order valence-electron chi connectivity index (χ4n) is 1.80. The maximum absolute atomic E-state index is 9.50. The monoisotopic (exact) mass is 247 g/mol. The Morgan fingerprint density at radius 3 is 2.35 bits per heavy atom. The lowest BCUT2D eigenvalue weighted by molar-refractivity contribution is 0.475. The first-order valence-corrected chi connectivity index (χ1v) is 5.90. The van der Waals surface area contributed by atoms with Gasteiger partial charge in [0.1, 0.15) is 5.75 Å². The molecule has 0 spiro atoms. The number of anilines is 2. The van der Waals surface area contributed by atoms with Gasteiger partial charge in [0.2, 0.25) is 0 Å². The summed E-state index contributed by atoms with van der Waals surface area (Å²) in [4.78, 5) is 2.11. The van der Waals surface area contributed by atoms with E-state index in [0.29, 0.717) is 0 Å². The molecule has 0 saturated heterocycles. The summed E-state index contributed by atoms with van der Waals surface area (Å²) in [6.45, 7) is 2.89. The molecule has 2 nitrogen and oxygen atoms in total. The Kier molecular flexibility index (Phi) is 3.55. The van der Waals surface area contributed by atoms with Gasteiger partial charge < -0.3 is 10.0 Å². The van der Waals surface area contributed by atoms with Gasteiger partial charge in [-0.1, -0.05) is 17.7 Å². The summed E-state index contributed by atoms with van der Waals surface area (Å²) >= 11 is 5.87. The van der Waals surface area contributed by atoms with E-state index in [0.717, 1.165) is 22.9 Å². The third-order valence-corrected chi connectivity index (χ3v) is 2.85. The second-order valence-electron chi connectivity index (χ2n) is 3.74. The minimum Gasteiger partial charge on any atom is -0.508 e. The van der Waals surface area contributed by atoms with E-state index in [1.54, 1.807) is 12.1 Å². The zero-order valence-electron chi connectivity index (χ0n) is 9.60. The minimum atomic E-state index is 0.273. The van der Waals surface area contributed by atoms with Crippen molar-refractivity contribution in [1.82, 2.24) is 0 Å². The predicted octanol–water partition coefficient (Wildman–Crippen LogP) is 4.20. The molecule has 0 fully saturated rings. The molecule has 2 aromatic carbocycles. The molecule has 0 bridgehead atoms. The second kappa shape index (κ2) is 5.11. The van der Waals surface area contributed by atoms with E-state index in [1.807, 2.05) is 36.4 Å². The topological polar surface area (TPSA) is 23.5 Å². The van der Waals surface area contributed by atoms with Crippen LogP contribution in [0, 0.1) is 0 Å². The van der Waals surface area contributed by atoms with Crippen LogP contribution in [-0.2, 0) is 0 Å². The molecule has 2 aromatic rings. The van der Waals surface area contributed by atoms with E-state index in [4.69, 9.17) is 11.6 Å². The zero-order valence-corrected chi connectivity index (χ0v) is 10.4. The van der Waals surface area contributed by atoms with E-state index >= 15 is 0 Å². The number of rotatable bonds is 3. The Balaban J connectivity index is 2.36. The molecule has 0 aliphatic rings. The normalized spacial score (nSPS) is 10.2. The van der Waals surface area contributed by atoms with Crippen molar-refractivity contribution in [3.63, 3.8) is 0 Å². The van der Waals surface area contributed by atoms with Crippen LogP contribution in [0.25, 0.3) is 0 Å². The molecular formula is C14H14ClNO. The Bertz CT molecular complexity index is 496. The van der Waals surface area contributed by atoms with Crippen LogP contribution in [0.2, 0.25) is 5.02 Å². The highest BCUT2D eigenvalue weighted by molar-refractivity contribution is 6.30. The maximum atomic E-state index is 9.50. The predicted molar refractivity (Wildman–Crippen MR) is 72.2 cm³/mol. The molecule has 2 rings (SSSR count). The number of phenolic OH excluding ortho intramolecular Hbond substituents is 1. The van der Waals surface area contributed by atoms with Crippen LogP contribution in [0.4, 0.5) is 11.4 Å². The van der Waals surface area contributed by atoms with Crippen molar-refractivity contribution in [1.29, 1.82) is 0 Å². The van der Waals surface area contributed by atoms with Crippen LogP contribution in [0.3, 0.4) is 0 Å². The molecular weight excluding hydrogens is 234 g/mol. The highest BCUT2D eigenvalue weighted by Gasteiger charge is 2.07. The molecule has 0 aromatic heterocycles. The molecule has 88 valence electrons. The number of phenols is 1. The third-order valence-electron chi connectivity index (χ3n) is 2.60. The molecule has 0 radical (unpaired) electrons. The van der Waals surface area contributed by atoms with Crippen LogP contribution in [0.1, 0.15) is 6.92 Å². The van der Waals surface area contributed by atoms with Gasteiger partial charge in [-0.3, -0.25) is 0 Å². The quantitative estimate of drug-likeness (QED) is 0.879. The second-order valence-corrected chi connectivity index (χ2v) is 4.18. The summed E-state index contributed by atoms with van der Waals surface area (Å²) in [5.41, 5.74) is 2.03. The summed E-state index contributed by atoms with van der Waals surface area (Å²) < 4.78 is 0. The average Bonchev–Trinajstić information content (AvgIpc) is 2.33. The summed E-state index contributed by atoms with van der Waals surface area (Å²) in [6, 6.07) is 14.9. The highest BCUT2D eigenvalue weighted by Crippen LogP contribution is 2.28. The molecule has 1 N–H and O–H groups in total. The Labute approximate surface area is 106 Å². The van der Waals surface area contributed by atoms with Crippen molar-refractivity contribution in [2.75, 3.05) is 11.4 Å². The zero-order chi connectivity index (χ0) is 12.3. The van der Waals surface area contributed by atoms with Gasteiger partial charge in [-0.15, -0.1) is 0 Å². The average molecular weight is 248 g/mol. The minimum absolute atomic E-state index is 0.273. The van der Waals surface area contributed by atoms with E-state index < -0.39 is 0 Å². The van der Waals surface area contributed by atoms with Gasteiger partial charge in [0.25, 0.3) is 0 Å². The largest absolute Gasteiger partial charge is 0.508 e. The first-order chi connectivity index (χ1) is 8.20. The Hall–Kier alpha value is -1.67. The van der Waals surface area contributed by atoms with Crippen LogP contribution in [-0.4, -0.2) is 11.7 Å². The number of nitrogens with zero attached hydrogens (tertiary/aromatic N) is 1. The molecule has 3 heteroatoms. The first-order valence-electron chi connectivity index (χ1n) is 5.53. The molecule has 0 aliphatic heterocycles. The van der Waals surface area contributed by atoms with Crippen molar-refractivity contribution < 1.29 is 5.11 Å². The summed E-state index contributed by atoms with van der Waals surface area (Å²) in [5, 5.41) is 10.2. The number of hydrogen-bond donors (Lipinski definition) is 1. The molecule has 0 heterocycles. The first kappa shape index (κ1) is 11.8. The molecule has 0 aliphatic carbocycles. The molecule has 0 amide bonds.